The Bertz CT molecular complexity index is 955. The lowest BCUT2D eigenvalue weighted by molar-refractivity contribution is -0.121. The predicted molar refractivity (Wildman–Crippen MR) is 105 cm³/mol. The number of rotatable bonds is 7. The van der Waals surface area contributed by atoms with Crippen molar-refractivity contribution >= 4 is 17.2 Å². The predicted octanol–water partition coefficient (Wildman–Crippen LogP) is 2.20. The maximum absolute atomic E-state index is 12.1. The highest BCUT2D eigenvalue weighted by atomic mass is 32.1. The zero-order valence-corrected chi connectivity index (χ0v) is 16.1. The highest BCUT2D eigenvalue weighted by molar-refractivity contribution is 7.13. The molecule has 140 valence electrons. The smallest absolute Gasteiger partial charge is 0.345 e. The van der Waals surface area contributed by atoms with Gasteiger partial charge in [0, 0.05) is 54.1 Å². The molecule has 0 aromatic carbocycles. The summed E-state index contributed by atoms with van der Waals surface area (Å²) in [6.45, 7) is 4.15. The number of H-pyrrole nitrogens is 1. The Kier molecular flexibility index (Phi) is 6.08. The normalized spacial score (nSPS) is 10.7. The summed E-state index contributed by atoms with van der Waals surface area (Å²) in [6.07, 6.45) is 5.11. The van der Waals surface area contributed by atoms with Crippen LogP contribution in [-0.4, -0.2) is 32.4 Å². The minimum absolute atomic E-state index is 0.0253. The highest BCUT2D eigenvalue weighted by Gasteiger charge is 2.10. The van der Waals surface area contributed by atoms with Gasteiger partial charge in [-0.15, -0.1) is 11.3 Å². The third kappa shape index (κ3) is 5.07. The summed E-state index contributed by atoms with van der Waals surface area (Å²) < 4.78 is 0. The van der Waals surface area contributed by atoms with Gasteiger partial charge < -0.3 is 10.3 Å². The molecule has 3 rings (SSSR count). The van der Waals surface area contributed by atoms with Gasteiger partial charge in [-0.1, -0.05) is 0 Å². The Morgan fingerprint density at radius 2 is 2.11 bits per heavy atom. The molecule has 0 unspecified atom stereocenters. The van der Waals surface area contributed by atoms with Gasteiger partial charge >= 0.3 is 5.69 Å². The minimum atomic E-state index is -0.355. The SMILES string of the molecule is Cc1nc(=O)[nH]c(C)c1CCC(=O)NCCc1csc(-c2cccnc2)n1. The average Bonchev–Trinajstić information content (AvgIpc) is 3.10. The number of pyridine rings is 1. The molecule has 1 amide bonds. The summed E-state index contributed by atoms with van der Waals surface area (Å²) in [5.74, 6) is -0.0253. The fourth-order valence-electron chi connectivity index (χ4n) is 2.82. The van der Waals surface area contributed by atoms with E-state index in [1.54, 1.807) is 30.7 Å². The van der Waals surface area contributed by atoms with Gasteiger partial charge in [0.2, 0.25) is 5.91 Å². The van der Waals surface area contributed by atoms with Crippen LogP contribution < -0.4 is 11.0 Å². The van der Waals surface area contributed by atoms with Crippen molar-refractivity contribution in [3.05, 3.63) is 63.0 Å². The van der Waals surface area contributed by atoms with Crippen molar-refractivity contribution in [2.24, 2.45) is 0 Å². The van der Waals surface area contributed by atoms with E-state index in [0.29, 0.717) is 31.5 Å². The van der Waals surface area contributed by atoms with E-state index < -0.39 is 0 Å². The Balaban J connectivity index is 1.46. The van der Waals surface area contributed by atoms with Crippen molar-refractivity contribution < 1.29 is 4.79 Å². The largest absolute Gasteiger partial charge is 0.356 e. The fraction of sp³-hybridized carbons (Fsp3) is 0.316. The van der Waals surface area contributed by atoms with Gasteiger partial charge in [0.15, 0.2) is 0 Å². The van der Waals surface area contributed by atoms with Crippen molar-refractivity contribution in [1.29, 1.82) is 0 Å². The summed E-state index contributed by atoms with van der Waals surface area (Å²) in [5.41, 5.74) is 3.96. The Morgan fingerprint density at radius 3 is 2.85 bits per heavy atom. The standard InChI is InChI=1S/C19H21N5O2S/c1-12-16(13(2)23-19(26)22-12)5-6-17(25)21-9-7-15-11-27-18(24-15)14-4-3-8-20-10-14/h3-4,8,10-11H,5-7,9H2,1-2H3,(H,21,25)(H,22,23,26). The zero-order chi connectivity index (χ0) is 19.2. The lowest BCUT2D eigenvalue weighted by Crippen LogP contribution is -2.26. The van der Waals surface area contributed by atoms with E-state index in [1.807, 2.05) is 24.4 Å². The molecule has 0 aliphatic rings. The lowest BCUT2D eigenvalue weighted by Gasteiger charge is -2.08. The number of thiazole rings is 1. The van der Waals surface area contributed by atoms with E-state index in [1.165, 1.54) is 0 Å². The number of hydrogen-bond donors (Lipinski definition) is 2. The third-order valence-electron chi connectivity index (χ3n) is 4.22. The number of nitrogens with one attached hydrogen (secondary N) is 2. The van der Waals surface area contributed by atoms with Crippen LogP contribution in [0.3, 0.4) is 0 Å². The summed E-state index contributed by atoms with van der Waals surface area (Å²) in [6, 6.07) is 3.87. The summed E-state index contributed by atoms with van der Waals surface area (Å²) in [4.78, 5) is 38.7. The molecule has 2 N–H and O–H groups in total. The lowest BCUT2D eigenvalue weighted by atomic mass is 10.1. The first-order valence-corrected chi connectivity index (χ1v) is 9.59. The van der Waals surface area contributed by atoms with Gasteiger partial charge in [0.1, 0.15) is 5.01 Å². The first-order valence-electron chi connectivity index (χ1n) is 8.71. The topological polar surface area (TPSA) is 101 Å². The van der Waals surface area contributed by atoms with Gasteiger partial charge in [0.25, 0.3) is 0 Å². The van der Waals surface area contributed by atoms with E-state index in [2.05, 4.69) is 25.3 Å². The molecular weight excluding hydrogens is 362 g/mol. The molecule has 0 saturated carbocycles. The Labute approximate surface area is 160 Å². The minimum Gasteiger partial charge on any atom is -0.356 e. The molecule has 27 heavy (non-hydrogen) atoms. The van der Waals surface area contributed by atoms with Crippen LogP contribution >= 0.6 is 11.3 Å². The van der Waals surface area contributed by atoms with Crippen molar-refractivity contribution in [1.82, 2.24) is 25.3 Å². The van der Waals surface area contributed by atoms with Crippen LogP contribution in [-0.2, 0) is 17.6 Å². The molecule has 0 radical (unpaired) electrons. The highest BCUT2D eigenvalue weighted by Crippen LogP contribution is 2.22. The van der Waals surface area contributed by atoms with Gasteiger partial charge in [-0.3, -0.25) is 9.78 Å². The maximum Gasteiger partial charge on any atom is 0.345 e. The molecule has 8 heteroatoms. The van der Waals surface area contributed by atoms with Crippen LogP contribution in [0.5, 0.6) is 0 Å². The molecule has 0 bridgehead atoms. The molecule has 3 aromatic rings. The van der Waals surface area contributed by atoms with Crippen molar-refractivity contribution in [3.63, 3.8) is 0 Å². The average molecular weight is 383 g/mol. The molecule has 0 saturated heterocycles. The zero-order valence-electron chi connectivity index (χ0n) is 15.3. The van der Waals surface area contributed by atoms with Gasteiger partial charge in [-0.2, -0.15) is 4.98 Å². The van der Waals surface area contributed by atoms with E-state index in [0.717, 1.165) is 27.5 Å². The van der Waals surface area contributed by atoms with Crippen LogP contribution in [0.4, 0.5) is 0 Å². The number of hydrogen-bond acceptors (Lipinski definition) is 6. The maximum atomic E-state index is 12.1. The number of aromatic nitrogens is 4. The number of aryl methyl sites for hydroxylation is 2. The molecule has 7 nitrogen and oxygen atoms in total. The van der Waals surface area contributed by atoms with Gasteiger partial charge in [0.05, 0.1) is 5.69 Å². The van der Waals surface area contributed by atoms with Crippen molar-refractivity contribution in [2.75, 3.05) is 6.54 Å². The number of carbonyl (C=O) groups is 1. The van der Waals surface area contributed by atoms with E-state index in [4.69, 9.17) is 0 Å². The van der Waals surface area contributed by atoms with E-state index in [9.17, 15) is 9.59 Å². The quantitative estimate of drug-likeness (QED) is 0.651. The molecule has 3 heterocycles. The Hall–Kier alpha value is -2.87. The first kappa shape index (κ1) is 18.9. The molecule has 0 aliphatic carbocycles. The summed E-state index contributed by atoms with van der Waals surface area (Å²) >= 11 is 1.57. The van der Waals surface area contributed by atoms with Crippen LogP contribution in [0, 0.1) is 13.8 Å². The second-order valence-electron chi connectivity index (χ2n) is 6.22. The molecular formula is C19H21N5O2S. The fourth-order valence-corrected chi connectivity index (χ4v) is 3.67. The third-order valence-corrected chi connectivity index (χ3v) is 5.16. The summed E-state index contributed by atoms with van der Waals surface area (Å²) in [5, 5.41) is 5.86. The molecule has 3 aromatic heterocycles. The number of carbonyl (C=O) groups excluding carboxylic acids is 1. The van der Waals surface area contributed by atoms with Crippen LogP contribution in [0.1, 0.15) is 29.1 Å². The van der Waals surface area contributed by atoms with Gasteiger partial charge in [-0.25, -0.2) is 9.78 Å². The molecule has 0 atom stereocenters. The Morgan fingerprint density at radius 1 is 1.26 bits per heavy atom. The van der Waals surface area contributed by atoms with E-state index >= 15 is 0 Å². The van der Waals surface area contributed by atoms with Crippen molar-refractivity contribution in [2.45, 2.75) is 33.1 Å². The number of aromatic amines is 1. The monoisotopic (exact) mass is 383 g/mol. The number of amides is 1. The molecule has 0 spiro atoms. The second-order valence-corrected chi connectivity index (χ2v) is 7.07. The second kappa shape index (κ2) is 8.68. The van der Waals surface area contributed by atoms with Crippen LogP contribution in [0.15, 0.2) is 34.7 Å². The molecule has 0 fully saturated rings. The van der Waals surface area contributed by atoms with Crippen molar-refractivity contribution in [3.8, 4) is 10.6 Å². The van der Waals surface area contributed by atoms with Crippen LogP contribution in [0.2, 0.25) is 0 Å². The first-order chi connectivity index (χ1) is 13.0. The number of nitrogens with zero attached hydrogens (tertiary/aromatic N) is 3. The van der Waals surface area contributed by atoms with E-state index in [-0.39, 0.29) is 11.6 Å². The van der Waals surface area contributed by atoms with Crippen LogP contribution in [0.25, 0.3) is 10.6 Å². The van der Waals surface area contributed by atoms with Gasteiger partial charge in [-0.05, 0) is 38.0 Å². The molecule has 0 aliphatic heterocycles. The summed E-state index contributed by atoms with van der Waals surface area (Å²) in [7, 11) is 0.